The van der Waals surface area contributed by atoms with Crippen LogP contribution in [0.25, 0.3) is 0 Å². The number of halogens is 3. The topological polar surface area (TPSA) is 92.4 Å². The molecule has 0 aliphatic rings. The van der Waals surface area contributed by atoms with Gasteiger partial charge in [-0.2, -0.15) is 13.2 Å². The molecule has 1 rings (SSSR count). The van der Waals surface area contributed by atoms with Gasteiger partial charge in [-0.1, -0.05) is 30.3 Å². The maximum Gasteiger partial charge on any atom is 0.490 e. The minimum absolute atomic E-state index is 0.121. The van der Waals surface area contributed by atoms with Crippen LogP contribution < -0.4 is 11.1 Å². The molecule has 1 amide bonds. The van der Waals surface area contributed by atoms with E-state index in [1.54, 1.807) is 7.05 Å². The van der Waals surface area contributed by atoms with Crippen LogP contribution in [-0.4, -0.2) is 36.2 Å². The first-order chi connectivity index (χ1) is 9.18. The normalized spacial score (nSPS) is 11.8. The molecule has 8 heteroatoms. The number of rotatable bonds is 3. The van der Waals surface area contributed by atoms with E-state index < -0.39 is 18.2 Å². The molecule has 0 saturated carbocycles. The Morgan fingerprint density at radius 1 is 1.30 bits per heavy atom. The van der Waals surface area contributed by atoms with E-state index in [9.17, 15) is 18.0 Å². The second-order valence-corrected chi connectivity index (χ2v) is 3.71. The quantitative estimate of drug-likeness (QED) is 0.773. The number of carbonyl (C=O) groups excluding carboxylic acids is 1. The second-order valence-electron chi connectivity index (χ2n) is 3.71. The van der Waals surface area contributed by atoms with E-state index in [4.69, 9.17) is 15.6 Å². The largest absolute Gasteiger partial charge is 0.490 e. The average molecular weight is 292 g/mol. The number of amides is 1. The summed E-state index contributed by atoms with van der Waals surface area (Å²) in [7, 11) is 1.59. The van der Waals surface area contributed by atoms with Crippen LogP contribution in [0.4, 0.5) is 13.2 Å². The number of alkyl halides is 3. The molecule has 112 valence electrons. The Morgan fingerprint density at radius 2 is 1.75 bits per heavy atom. The van der Waals surface area contributed by atoms with Gasteiger partial charge in [-0.25, -0.2) is 4.79 Å². The highest BCUT2D eigenvalue weighted by molar-refractivity contribution is 5.81. The Bertz CT molecular complexity index is 435. The fourth-order valence-electron chi connectivity index (χ4n) is 1.15. The molecule has 0 radical (unpaired) electrons. The van der Waals surface area contributed by atoms with Crippen molar-refractivity contribution in [1.29, 1.82) is 0 Å². The van der Waals surface area contributed by atoms with Gasteiger partial charge in [0.2, 0.25) is 5.91 Å². The number of likely N-dealkylation sites (N-methyl/N-ethyl adjacent to an activating group) is 1. The van der Waals surface area contributed by atoms with Gasteiger partial charge in [-0.05, 0) is 12.0 Å². The predicted molar refractivity (Wildman–Crippen MR) is 65.9 cm³/mol. The van der Waals surface area contributed by atoms with Crippen molar-refractivity contribution in [3.05, 3.63) is 35.9 Å². The summed E-state index contributed by atoms with van der Waals surface area (Å²) in [5, 5.41) is 9.65. The van der Waals surface area contributed by atoms with Gasteiger partial charge >= 0.3 is 12.1 Å². The summed E-state index contributed by atoms with van der Waals surface area (Å²) in [5.74, 6) is -2.88. The highest BCUT2D eigenvalue weighted by Crippen LogP contribution is 2.13. The molecular weight excluding hydrogens is 277 g/mol. The number of carboxylic acid groups (broad SMARTS) is 1. The van der Waals surface area contributed by atoms with E-state index in [1.165, 1.54) is 0 Å². The van der Waals surface area contributed by atoms with Crippen LogP contribution in [0.3, 0.4) is 0 Å². The van der Waals surface area contributed by atoms with E-state index in [0.29, 0.717) is 6.42 Å². The van der Waals surface area contributed by atoms with Crippen LogP contribution in [0.2, 0.25) is 0 Å². The van der Waals surface area contributed by atoms with Crippen LogP contribution in [0.15, 0.2) is 30.3 Å². The third-order valence-corrected chi connectivity index (χ3v) is 2.12. The Kier molecular flexibility index (Phi) is 7.30. The maximum absolute atomic E-state index is 11.1. The van der Waals surface area contributed by atoms with Gasteiger partial charge in [0, 0.05) is 7.05 Å². The molecule has 0 spiro atoms. The third-order valence-electron chi connectivity index (χ3n) is 2.12. The molecule has 0 saturated heterocycles. The summed E-state index contributed by atoms with van der Waals surface area (Å²) in [4.78, 5) is 20.0. The highest BCUT2D eigenvalue weighted by Gasteiger charge is 2.38. The first-order valence-corrected chi connectivity index (χ1v) is 5.49. The van der Waals surface area contributed by atoms with Crippen molar-refractivity contribution in [2.75, 3.05) is 7.05 Å². The number of nitrogens with two attached hydrogens (primary N) is 1. The van der Waals surface area contributed by atoms with Crippen molar-refractivity contribution in [2.24, 2.45) is 5.73 Å². The second kappa shape index (κ2) is 8.16. The molecule has 0 heterocycles. The summed E-state index contributed by atoms with van der Waals surface area (Å²) in [5.41, 5.74) is 6.73. The van der Waals surface area contributed by atoms with Crippen molar-refractivity contribution in [3.63, 3.8) is 0 Å². The van der Waals surface area contributed by atoms with Gasteiger partial charge in [0.25, 0.3) is 0 Å². The number of hydrogen-bond acceptors (Lipinski definition) is 3. The minimum Gasteiger partial charge on any atom is -0.475 e. The molecule has 0 aromatic heterocycles. The van der Waals surface area contributed by atoms with E-state index in [2.05, 4.69) is 5.32 Å². The summed E-state index contributed by atoms with van der Waals surface area (Å²) < 4.78 is 31.7. The third kappa shape index (κ3) is 7.37. The van der Waals surface area contributed by atoms with E-state index >= 15 is 0 Å². The van der Waals surface area contributed by atoms with Gasteiger partial charge in [0.1, 0.15) is 0 Å². The van der Waals surface area contributed by atoms with E-state index in [-0.39, 0.29) is 5.91 Å². The van der Waals surface area contributed by atoms with Crippen LogP contribution in [0.1, 0.15) is 5.56 Å². The van der Waals surface area contributed by atoms with Gasteiger partial charge < -0.3 is 16.2 Å². The number of benzene rings is 1. The predicted octanol–water partition coefficient (Wildman–Crippen LogP) is 0.936. The van der Waals surface area contributed by atoms with Gasteiger partial charge in [0.05, 0.1) is 6.04 Å². The molecule has 1 unspecified atom stereocenters. The lowest BCUT2D eigenvalue weighted by atomic mass is 10.1. The minimum atomic E-state index is -5.08. The molecule has 20 heavy (non-hydrogen) atoms. The summed E-state index contributed by atoms with van der Waals surface area (Å²) in [6, 6.07) is 9.28. The van der Waals surface area contributed by atoms with Crippen LogP contribution >= 0.6 is 0 Å². The molecule has 1 aromatic carbocycles. The first kappa shape index (κ1) is 17.9. The zero-order valence-corrected chi connectivity index (χ0v) is 10.6. The van der Waals surface area contributed by atoms with Crippen LogP contribution in [0.5, 0.6) is 0 Å². The summed E-state index contributed by atoms with van der Waals surface area (Å²) in [6.07, 6.45) is -4.50. The van der Waals surface area contributed by atoms with Crippen molar-refractivity contribution in [1.82, 2.24) is 5.32 Å². The number of nitrogens with one attached hydrogen (secondary N) is 1. The molecule has 5 nitrogen and oxygen atoms in total. The number of carbonyl (C=O) groups is 2. The lowest BCUT2D eigenvalue weighted by Crippen LogP contribution is -2.40. The average Bonchev–Trinajstić information content (AvgIpc) is 2.38. The highest BCUT2D eigenvalue weighted by atomic mass is 19.4. The molecule has 0 aliphatic carbocycles. The van der Waals surface area contributed by atoms with Gasteiger partial charge in [0.15, 0.2) is 0 Å². The van der Waals surface area contributed by atoms with E-state index in [0.717, 1.165) is 5.56 Å². The molecule has 0 fully saturated rings. The zero-order valence-electron chi connectivity index (χ0n) is 10.6. The van der Waals surface area contributed by atoms with Crippen LogP contribution in [0, 0.1) is 0 Å². The molecule has 4 N–H and O–H groups in total. The van der Waals surface area contributed by atoms with Gasteiger partial charge in [-0.3, -0.25) is 4.79 Å². The fourth-order valence-corrected chi connectivity index (χ4v) is 1.15. The smallest absolute Gasteiger partial charge is 0.475 e. The lowest BCUT2D eigenvalue weighted by Gasteiger charge is -2.09. The number of carboxylic acids is 1. The monoisotopic (exact) mass is 292 g/mol. The maximum atomic E-state index is 11.1. The van der Waals surface area contributed by atoms with Crippen molar-refractivity contribution in [3.8, 4) is 0 Å². The van der Waals surface area contributed by atoms with Crippen LogP contribution in [-0.2, 0) is 16.0 Å². The van der Waals surface area contributed by atoms with Crippen molar-refractivity contribution < 1.29 is 27.9 Å². The number of aliphatic carboxylic acids is 1. The zero-order chi connectivity index (χ0) is 15.8. The Labute approximate surface area is 113 Å². The van der Waals surface area contributed by atoms with Crippen molar-refractivity contribution >= 4 is 11.9 Å². The Morgan fingerprint density at radius 3 is 2.10 bits per heavy atom. The number of hydrogen-bond donors (Lipinski definition) is 3. The Hall–Kier alpha value is -2.09. The Balaban J connectivity index is 0.000000441. The molecule has 0 bridgehead atoms. The standard InChI is InChI=1S/C10H14N2O.C2HF3O2/c1-12-10(13)9(11)7-8-5-3-2-4-6-8;3-2(4,5)1(6)7/h2-6,9H,7,11H2,1H3,(H,12,13);(H,6,7). The molecule has 0 aliphatic heterocycles. The van der Waals surface area contributed by atoms with Gasteiger partial charge in [-0.15, -0.1) is 0 Å². The molecular formula is C12H15F3N2O3. The van der Waals surface area contributed by atoms with Crippen molar-refractivity contribution in [2.45, 2.75) is 18.6 Å². The summed E-state index contributed by atoms with van der Waals surface area (Å²) in [6.45, 7) is 0. The van der Waals surface area contributed by atoms with E-state index in [1.807, 2.05) is 30.3 Å². The fraction of sp³-hybridized carbons (Fsp3) is 0.333. The molecule has 1 atom stereocenters. The summed E-state index contributed by atoms with van der Waals surface area (Å²) >= 11 is 0. The molecule has 1 aromatic rings. The first-order valence-electron chi connectivity index (χ1n) is 5.49. The lowest BCUT2D eigenvalue weighted by molar-refractivity contribution is -0.192. The SMILES string of the molecule is CNC(=O)C(N)Cc1ccccc1.O=C(O)C(F)(F)F.